The molecule has 0 amide bonds. The second-order valence-corrected chi connectivity index (χ2v) is 3.47. The molecule has 0 atom stereocenters. The van der Waals surface area contributed by atoms with Gasteiger partial charge >= 0.3 is 11.9 Å². The fourth-order valence-electron chi connectivity index (χ4n) is 1.38. The molecule has 0 heterocycles. The molecule has 0 aliphatic rings. The minimum atomic E-state index is -1.42. The molecule has 0 bridgehead atoms. The summed E-state index contributed by atoms with van der Waals surface area (Å²) < 4.78 is 26.7. The summed E-state index contributed by atoms with van der Waals surface area (Å²) in [5, 5.41) is 16.9. The normalized spacial score (nSPS) is 10.2. The summed E-state index contributed by atoms with van der Waals surface area (Å²) in [5.41, 5.74) is -0.752. The van der Waals surface area contributed by atoms with E-state index in [1.165, 1.54) is 0 Å². The fraction of sp³-hybridized carbons (Fsp3) is 0.273. The van der Waals surface area contributed by atoms with E-state index in [0.717, 1.165) is 12.1 Å². The lowest BCUT2D eigenvalue weighted by molar-refractivity contribution is -0.137. The van der Waals surface area contributed by atoms with Gasteiger partial charge in [-0.05, 0) is 25.0 Å². The van der Waals surface area contributed by atoms with Gasteiger partial charge in [0, 0.05) is 12.0 Å². The van der Waals surface area contributed by atoms with Crippen LogP contribution in [0.5, 0.6) is 0 Å². The highest BCUT2D eigenvalue weighted by molar-refractivity contribution is 5.87. The van der Waals surface area contributed by atoms with Crippen molar-refractivity contribution in [2.75, 3.05) is 0 Å². The first kappa shape index (κ1) is 13.1. The molecular weight excluding hydrogens is 234 g/mol. The Morgan fingerprint density at radius 3 is 2.06 bits per heavy atom. The molecule has 6 heteroatoms. The van der Waals surface area contributed by atoms with E-state index in [9.17, 15) is 18.4 Å². The second-order valence-electron chi connectivity index (χ2n) is 3.47. The maximum atomic E-state index is 13.3. The Labute approximate surface area is 95.5 Å². The number of carboxylic acid groups (broad SMARTS) is 2. The summed E-state index contributed by atoms with van der Waals surface area (Å²) in [7, 11) is 0. The van der Waals surface area contributed by atoms with Crippen LogP contribution < -0.4 is 0 Å². The molecule has 0 saturated heterocycles. The smallest absolute Gasteiger partial charge is 0.335 e. The van der Waals surface area contributed by atoms with Gasteiger partial charge in [-0.25, -0.2) is 13.6 Å². The third-order valence-electron chi connectivity index (χ3n) is 2.21. The molecule has 0 spiro atoms. The van der Waals surface area contributed by atoms with Crippen molar-refractivity contribution in [3.8, 4) is 0 Å². The lowest BCUT2D eigenvalue weighted by Crippen LogP contribution is -2.04. The Balaban J connectivity index is 2.86. The van der Waals surface area contributed by atoms with Crippen LogP contribution in [0.4, 0.5) is 8.78 Å². The van der Waals surface area contributed by atoms with Crippen molar-refractivity contribution < 1.29 is 28.6 Å². The summed E-state index contributed by atoms with van der Waals surface area (Å²) in [6.07, 6.45) is -0.182. The number of halogens is 2. The van der Waals surface area contributed by atoms with Crippen molar-refractivity contribution in [1.82, 2.24) is 0 Å². The quantitative estimate of drug-likeness (QED) is 0.831. The van der Waals surface area contributed by atoms with Crippen molar-refractivity contribution in [3.63, 3.8) is 0 Å². The Hall–Kier alpha value is -1.98. The molecular formula is C11H10F2O4. The molecule has 0 saturated carbocycles. The highest BCUT2D eigenvalue weighted by Crippen LogP contribution is 2.17. The van der Waals surface area contributed by atoms with Crippen molar-refractivity contribution in [2.24, 2.45) is 0 Å². The van der Waals surface area contributed by atoms with Crippen molar-refractivity contribution in [3.05, 3.63) is 34.9 Å². The van der Waals surface area contributed by atoms with Gasteiger partial charge in [0.05, 0.1) is 5.56 Å². The summed E-state index contributed by atoms with van der Waals surface area (Å²) in [4.78, 5) is 20.7. The SMILES string of the molecule is O=C(O)CCCc1c(F)cc(C(=O)O)cc1F. The lowest BCUT2D eigenvalue weighted by Gasteiger charge is -2.05. The predicted molar refractivity (Wildman–Crippen MR) is 53.9 cm³/mol. The topological polar surface area (TPSA) is 74.6 Å². The summed E-state index contributed by atoms with van der Waals surface area (Å²) in [6.45, 7) is 0. The van der Waals surface area contributed by atoms with Gasteiger partial charge in [-0.1, -0.05) is 0 Å². The van der Waals surface area contributed by atoms with E-state index in [4.69, 9.17) is 10.2 Å². The zero-order valence-corrected chi connectivity index (χ0v) is 8.74. The molecule has 1 aromatic carbocycles. The zero-order valence-electron chi connectivity index (χ0n) is 8.74. The zero-order chi connectivity index (χ0) is 13.0. The van der Waals surface area contributed by atoms with Gasteiger partial charge in [-0.3, -0.25) is 4.79 Å². The maximum Gasteiger partial charge on any atom is 0.335 e. The Morgan fingerprint density at radius 2 is 1.65 bits per heavy atom. The average molecular weight is 244 g/mol. The van der Waals surface area contributed by atoms with Gasteiger partial charge in [0.25, 0.3) is 0 Å². The minimum absolute atomic E-state index is 0.0795. The molecule has 0 aromatic heterocycles. The monoisotopic (exact) mass is 244 g/mol. The highest BCUT2D eigenvalue weighted by atomic mass is 19.1. The Morgan fingerprint density at radius 1 is 1.12 bits per heavy atom. The van der Waals surface area contributed by atoms with Gasteiger partial charge < -0.3 is 10.2 Å². The summed E-state index contributed by atoms with van der Waals surface area (Å²) in [5.74, 6) is -4.39. The van der Waals surface area contributed by atoms with Crippen LogP contribution in [0.25, 0.3) is 0 Å². The molecule has 0 aliphatic heterocycles. The molecule has 1 rings (SSSR count). The van der Waals surface area contributed by atoms with E-state index in [-0.39, 0.29) is 24.8 Å². The van der Waals surface area contributed by atoms with Crippen molar-refractivity contribution in [2.45, 2.75) is 19.3 Å². The number of carboxylic acids is 2. The molecule has 2 N–H and O–H groups in total. The molecule has 0 unspecified atom stereocenters. The van der Waals surface area contributed by atoms with Crippen LogP contribution in [0.2, 0.25) is 0 Å². The van der Waals surface area contributed by atoms with Crippen LogP contribution in [0.1, 0.15) is 28.8 Å². The van der Waals surface area contributed by atoms with E-state index in [1.54, 1.807) is 0 Å². The average Bonchev–Trinajstić information content (AvgIpc) is 2.21. The number of benzene rings is 1. The van der Waals surface area contributed by atoms with E-state index < -0.39 is 29.1 Å². The van der Waals surface area contributed by atoms with E-state index in [0.29, 0.717) is 0 Å². The van der Waals surface area contributed by atoms with E-state index in [2.05, 4.69) is 0 Å². The van der Waals surface area contributed by atoms with Crippen molar-refractivity contribution in [1.29, 1.82) is 0 Å². The van der Waals surface area contributed by atoms with Gasteiger partial charge in [-0.15, -0.1) is 0 Å². The predicted octanol–water partition coefficient (Wildman–Crippen LogP) is 2.07. The van der Waals surface area contributed by atoms with Crippen molar-refractivity contribution >= 4 is 11.9 Å². The molecule has 0 aliphatic carbocycles. The van der Waals surface area contributed by atoms with Crippen LogP contribution in [0, 0.1) is 11.6 Å². The van der Waals surface area contributed by atoms with Gasteiger partial charge in [-0.2, -0.15) is 0 Å². The third-order valence-corrected chi connectivity index (χ3v) is 2.21. The van der Waals surface area contributed by atoms with Crippen LogP contribution in [0.3, 0.4) is 0 Å². The van der Waals surface area contributed by atoms with Gasteiger partial charge in [0.15, 0.2) is 0 Å². The maximum absolute atomic E-state index is 13.3. The number of aliphatic carboxylic acids is 1. The summed E-state index contributed by atoms with van der Waals surface area (Å²) >= 11 is 0. The molecule has 17 heavy (non-hydrogen) atoms. The lowest BCUT2D eigenvalue weighted by atomic mass is 10.0. The van der Waals surface area contributed by atoms with E-state index >= 15 is 0 Å². The number of hydrogen-bond acceptors (Lipinski definition) is 2. The standard InChI is InChI=1S/C11H10F2O4/c12-8-4-6(11(16)17)5-9(13)7(8)2-1-3-10(14)15/h4-5H,1-3H2,(H,14,15)(H,16,17). The number of rotatable bonds is 5. The van der Waals surface area contributed by atoms with Crippen LogP contribution in [-0.2, 0) is 11.2 Å². The largest absolute Gasteiger partial charge is 0.481 e. The number of hydrogen-bond donors (Lipinski definition) is 2. The van der Waals surface area contributed by atoms with Crippen LogP contribution in [-0.4, -0.2) is 22.2 Å². The molecule has 1 aromatic rings. The molecule has 0 radical (unpaired) electrons. The first-order valence-corrected chi connectivity index (χ1v) is 4.85. The molecule has 92 valence electrons. The summed E-state index contributed by atoms with van der Waals surface area (Å²) in [6, 6.07) is 1.45. The first-order valence-electron chi connectivity index (χ1n) is 4.85. The fourth-order valence-corrected chi connectivity index (χ4v) is 1.38. The van der Waals surface area contributed by atoms with Crippen LogP contribution >= 0.6 is 0 Å². The minimum Gasteiger partial charge on any atom is -0.481 e. The van der Waals surface area contributed by atoms with Gasteiger partial charge in [0.2, 0.25) is 0 Å². The van der Waals surface area contributed by atoms with Crippen LogP contribution in [0.15, 0.2) is 12.1 Å². The number of carbonyl (C=O) groups is 2. The first-order chi connectivity index (χ1) is 7.91. The van der Waals surface area contributed by atoms with Gasteiger partial charge in [0.1, 0.15) is 11.6 Å². The van der Waals surface area contributed by atoms with E-state index in [1.807, 2.05) is 0 Å². The molecule has 0 fully saturated rings. The Kier molecular flexibility index (Phi) is 4.14. The molecule has 4 nitrogen and oxygen atoms in total. The third kappa shape index (κ3) is 3.51. The number of aromatic carboxylic acids is 1. The highest BCUT2D eigenvalue weighted by Gasteiger charge is 2.14. The Bertz CT molecular complexity index is 434. The second kappa shape index (κ2) is 5.38.